The zero-order chi connectivity index (χ0) is 19.2. The fourth-order valence-electron chi connectivity index (χ4n) is 2.73. The number of halogens is 3. The van der Waals surface area contributed by atoms with Gasteiger partial charge in [-0.2, -0.15) is 13.2 Å². The van der Waals surface area contributed by atoms with E-state index in [0.717, 1.165) is 12.1 Å². The Morgan fingerprint density at radius 2 is 1.81 bits per heavy atom. The zero-order valence-electron chi connectivity index (χ0n) is 14.0. The second kappa shape index (κ2) is 8.84. The Morgan fingerprint density at radius 3 is 2.35 bits per heavy atom. The normalized spacial score (nSPS) is 16.0. The first-order chi connectivity index (χ1) is 12.3. The lowest BCUT2D eigenvalue weighted by atomic mass is 10.1. The molecule has 1 amide bonds. The fourth-order valence-corrected chi connectivity index (χ4v) is 2.73. The standard InChI is InChI=1S/C18H20F3NO4/c19-18(20,21)14-4-1-13(2-5-14)3-6-16(23)22(10-7-17(24)25)15-8-11-26-12-9-15/h1-6,15H,7-12H2,(H,24,25)/b6-3+. The highest BCUT2D eigenvalue weighted by atomic mass is 19.4. The number of aliphatic carboxylic acids is 1. The van der Waals surface area contributed by atoms with Crippen molar-refractivity contribution >= 4 is 18.0 Å². The molecule has 0 aromatic heterocycles. The number of rotatable bonds is 6. The van der Waals surface area contributed by atoms with Crippen molar-refractivity contribution in [2.45, 2.75) is 31.5 Å². The zero-order valence-corrected chi connectivity index (χ0v) is 14.0. The Kier molecular flexibility index (Phi) is 6.79. The summed E-state index contributed by atoms with van der Waals surface area (Å²) in [5.74, 6) is -1.36. The lowest BCUT2D eigenvalue weighted by Crippen LogP contribution is -2.43. The van der Waals surface area contributed by atoms with E-state index in [1.54, 1.807) is 0 Å². The first kappa shape index (κ1) is 20.0. The van der Waals surface area contributed by atoms with Crippen molar-refractivity contribution in [2.75, 3.05) is 19.8 Å². The quantitative estimate of drug-likeness (QED) is 0.780. The van der Waals surface area contributed by atoms with Gasteiger partial charge in [-0.15, -0.1) is 0 Å². The van der Waals surface area contributed by atoms with Crippen LogP contribution in [0.15, 0.2) is 30.3 Å². The molecule has 1 heterocycles. The van der Waals surface area contributed by atoms with E-state index >= 15 is 0 Å². The third kappa shape index (κ3) is 5.87. The van der Waals surface area contributed by atoms with E-state index in [4.69, 9.17) is 9.84 Å². The average molecular weight is 371 g/mol. The summed E-state index contributed by atoms with van der Waals surface area (Å²) in [5, 5.41) is 8.87. The topological polar surface area (TPSA) is 66.8 Å². The summed E-state index contributed by atoms with van der Waals surface area (Å²) in [4.78, 5) is 24.8. The van der Waals surface area contributed by atoms with Crippen LogP contribution in [0.1, 0.15) is 30.4 Å². The van der Waals surface area contributed by atoms with E-state index in [-0.39, 0.29) is 24.9 Å². The predicted molar refractivity (Wildman–Crippen MR) is 88.3 cm³/mol. The number of amides is 1. The van der Waals surface area contributed by atoms with Gasteiger partial charge in [-0.05, 0) is 36.6 Å². The molecule has 0 bridgehead atoms. The van der Waals surface area contributed by atoms with Crippen molar-refractivity contribution in [3.63, 3.8) is 0 Å². The van der Waals surface area contributed by atoms with Gasteiger partial charge in [0.15, 0.2) is 0 Å². The Bertz CT molecular complexity index is 649. The Balaban J connectivity index is 2.06. The highest BCUT2D eigenvalue weighted by molar-refractivity contribution is 5.92. The summed E-state index contributed by atoms with van der Waals surface area (Å²) in [7, 11) is 0. The second-order valence-electron chi connectivity index (χ2n) is 5.97. The number of carbonyl (C=O) groups is 2. The van der Waals surface area contributed by atoms with Gasteiger partial charge in [0.05, 0.1) is 12.0 Å². The summed E-state index contributed by atoms with van der Waals surface area (Å²) in [5.41, 5.74) is -0.303. The molecule has 1 aromatic rings. The van der Waals surface area contributed by atoms with Gasteiger partial charge in [-0.1, -0.05) is 12.1 Å². The third-order valence-corrected chi connectivity index (χ3v) is 4.14. The molecule has 5 nitrogen and oxygen atoms in total. The van der Waals surface area contributed by atoms with Gasteiger partial charge in [0.2, 0.25) is 5.91 Å². The molecule has 1 fully saturated rings. The molecule has 0 atom stereocenters. The number of carbonyl (C=O) groups excluding carboxylic acids is 1. The Labute approximate surface area is 149 Å². The molecule has 1 aliphatic heterocycles. The molecule has 142 valence electrons. The summed E-state index contributed by atoms with van der Waals surface area (Å²) < 4.78 is 42.9. The van der Waals surface area contributed by atoms with Gasteiger partial charge < -0.3 is 14.7 Å². The number of carboxylic acids is 1. The molecule has 26 heavy (non-hydrogen) atoms. The smallest absolute Gasteiger partial charge is 0.416 e. The average Bonchev–Trinajstić information content (AvgIpc) is 2.60. The molecule has 1 N–H and O–H groups in total. The van der Waals surface area contributed by atoms with Crippen molar-refractivity contribution < 1.29 is 32.6 Å². The summed E-state index contributed by atoms with van der Waals surface area (Å²) in [6.45, 7) is 1.09. The minimum Gasteiger partial charge on any atom is -0.481 e. The number of hydrogen-bond donors (Lipinski definition) is 1. The largest absolute Gasteiger partial charge is 0.481 e. The molecule has 0 spiro atoms. The number of carboxylic acid groups (broad SMARTS) is 1. The Morgan fingerprint density at radius 1 is 1.19 bits per heavy atom. The van der Waals surface area contributed by atoms with Gasteiger partial charge in [0.25, 0.3) is 0 Å². The van der Waals surface area contributed by atoms with Crippen molar-refractivity contribution in [3.8, 4) is 0 Å². The Hall–Kier alpha value is -2.35. The lowest BCUT2D eigenvalue weighted by molar-refractivity contribution is -0.139. The summed E-state index contributed by atoms with van der Waals surface area (Å²) in [6.07, 6.45) is -0.638. The van der Waals surface area contributed by atoms with E-state index in [9.17, 15) is 22.8 Å². The molecular formula is C18H20F3NO4. The SMILES string of the molecule is O=C(O)CCN(C(=O)/C=C/c1ccc(C(F)(F)F)cc1)C1CCOCC1. The van der Waals surface area contributed by atoms with E-state index in [2.05, 4.69) is 0 Å². The molecule has 0 unspecified atom stereocenters. The van der Waals surface area contributed by atoms with E-state index in [1.165, 1.54) is 29.2 Å². The van der Waals surface area contributed by atoms with Gasteiger partial charge in [0.1, 0.15) is 0 Å². The fraction of sp³-hybridized carbons (Fsp3) is 0.444. The van der Waals surface area contributed by atoms with Crippen LogP contribution in [-0.4, -0.2) is 47.7 Å². The minimum atomic E-state index is -4.41. The van der Waals surface area contributed by atoms with Crippen LogP contribution in [0.4, 0.5) is 13.2 Å². The van der Waals surface area contributed by atoms with Crippen LogP contribution < -0.4 is 0 Å². The summed E-state index contributed by atoms with van der Waals surface area (Å²) in [6, 6.07) is 4.36. The van der Waals surface area contributed by atoms with E-state index in [1.807, 2.05) is 0 Å². The molecule has 8 heteroatoms. The van der Waals surface area contributed by atoms with Crippen LogP contribution in [0, 0.1) is 0 Å². The van der Waals surface area contributed by atoms with Gasteiger partial charge in [-0.25, -0.2) is 0 Å². The number of hydrogen-bond acceptors (Lipinski definition) is 3. The van der Waals surface area contributed by atoms with Crippen LogP contribution in [0.25, 0.3) is 6.08 Å². The van der Waals surface area contributed by atoms with E-state index < -0.39 is 17.7 Å². The highest BCUT2D eigenvalue weighted by Crippen LogP contribution is 2.29. The predicted octanol–water partition coefficient (Wildman–Crippen LogP) is 3.20. The van der Waals surface area contributed by atoms with Gasteiger partial charge in [0, 0.05) is 31.9 Å². The van der Waals surface area contributed by atoms with Gasteiger partial charge >= 0.3 is 12.1 Å². The monoisotopic (exact) mass is 371 g/mol. The first-order valence-corrected chi connectivity index (χ1v) is 8.23. The van der Waals surface area contributed by atoms with Crippen LogP contribution in [0.2, 0.25) is 0 Å². The molecule has 0 aliphatic carbocycles. The maximum absolute atomic E-state index is 12.6. The van der Waals surface area contributed by atoms with Crippen molar-refractivity contribution in [1.82, 2.24) is 4.90 Å². The second-order valence-corrected chi connectivity index (χ2v) is 5.97. The number of ether oxygens (including phenoxy) is 1. The summed E-state index contributed by atoms with van der Waals surface area (Å²) >= 11 is 0. The molecular weight excluding hydrogens is 351 g/mol. The number of alkyl halides is 3. The molecule has 0 radical (unpaired) electrons. The molecule has 2 rings (SSSR count). The maximum Gasteiger partial charge on any atom is 0.416 e. The van der Waals surface area contributed by atoms with Crippen molar-refractivity contribution in [3.05, 3.63) is 41.5 Å². The maximum atomic E-state index is 12.6. The third-order valence-electron chi connectivity index (χ3n) is 4.14. The molecule has 1 aromatic carbocycles. The lowest BCUT2D eigenvalue weighted by Gasteiger charge is -2.33. The number of benzene rings is 1. The molecule has 1 saturated heterocycles. The van der Waals surface area contributed by atoms with Crippen molar-refractivity contribution in [1.29, 1.82) is 0 Å². The van der Waals surface area contributed by atoms with Gasteiger partial charge in [-0.3, -0.25) is 9.59 Å². The van der Waals surface area contributed by atoms with Crippen LogP contribution >= 0.6 is 0 Å². The highest BCUT2D eigenvalue weighted by Gasteiger charge is 2.30. The first-order valence-electron chi connectivity index (χ1n) is 8.23. The van der Waals surface area contributed by atoms with Crippen LogP contribution in [0.3, 0.4) is 0 Å². The number of nitrogens with zero attached hydrogens (tertiary/aromatic N) is 1. The van der Waals surface area contributed by atoms with Crippen LogP contribution in [0.5, 0.6) is 0 Å². The molecule has 1 aliphatic rings. The minimum absolute atomic E-state index is 0.0795. The van der Waals surface area contributed by atoms with E-state index in [0.29, 0.717) is 31.6 Å². The molecule has 0 saturated carbocycles. The van der Waals surface area contributed by atoms with Crippen LogP contribution in [-0.2, 0) is 20.5 Å². The van der Waals surface area contributed by atoms with Crippen molar-refractivity contribution in [2.24, 2.45) is 0 Å².